The second-order valence-corrected chi connectivity index (χ2v) is 12.4. The van der Waals surface area contributed by atoms with Crippen LogP contribution in [0.2, 0.25) is 0 Å². The number of carbonyl (C=O) groups is 3. The monoisotopic (exact) mass is 550 g/mol. The third-order valence-corrected chi connectivity index (χ3v) is 9.56. The van der Waals surface area contributed by atoms with Crippen molar-refractivity contribution < 1.29 is 33.7 Å². The van der Waals surface area contributed by atoms with Crippen LogP contribution in [0.1, 0.15) is 72.8 Å². The second-order valence-electron chi connectivity index (χ2n) is 12.4. The van der Waals surface area contributed by atoms with Gasteiger partial charge in [0.2, 0.25) is 0 Å². The molecule has 1 aromatic carbocycles. The normalized spacial score (nSPS) is 33.4. The van der Waals surface area contributed by atoms with E-state index in [0.29, 0.717) is 25.7 Å². The highest BCUT2D eigenvalue weighted by Gasteiger charge is 2.58. The summed E-state index contributed by atoms with van der Waals surface area (Å²) in [5.74, 6) is -1.50. The second kappa shape index (κ2) is 11.4. The first-order valence-electron chi connectivity index (χ1n) is 14.1. The molecule has 7 heteroatoms. The van der Waals surface area contributed by atoms with E-state index in [-0.39, 0.29) is 17.8 Å². The molecule has 4 rings (SSSR count). The molecule has 216 valence electrons. The summed E-state index contributed by atoms with van der Waals surface area (Å²) in [7, 11) is 0. The van der Waals surface area contributed by atoms with Gasteiger partial charge in [-0.3, -0.25) is 9.59 Å². The maximum absolute atomic E-state index is 12.8. The summed E-state index contributed by atoms with van der Waals surface area (Å²) in [6.45, 7) is 15.3. The van der Waals surface area contributed by atoms with Crippen molar-refractivity contribution in [3.8, 4) is 0 Å². The molecule has 40 heavy (non-hydrogen) atoms. The zero-order chi connectivity index (χ0) is 29.4. The molecule has 0 spiro atoms. The average Bonchev–Trinajstić information content (AvgIpc) is 2.88. The Hall–Kier alpha value is -3.19. The smallest absolute Gasteiger partial charge is 0.331 e. The molecule has 7 nitrogen and oxygen atoms in total. The lowest BCUT2D eigenvalue weighted by molar-refractivity contribution is -0.169. The third kappa shape index (κ3) is 5.67. The molecule has 2 saturated carbocycles. The standard InChI is InChI=1S/C33H42O7/c1-19-25-17-24-18-27(38-21(3)34)20(2)29(32(24,5)6)30(39-22(4)35)31(37)33(25,7)16-15-26(19)40-28(36)14-13-23-11-9-8-10-12-23/h8-14,24-27,30-31,37H,1,15-18H2,2-7H3/b14-13+/t24-,25-,26+,27+,30-,31+,33-/m1/s1. The maximum Gasteiger partial charge on any atom is 0.331 e. The Balaban J connectivity index is 1.68. The van der Waals surface area contributed by atoms with E-state index in [0.717, 1.165) is 22.3 Å². The molecule has 3 aliphatic rings. The van der Waals surface area contributed by atoms with E-state index in [1.807, 2.05) is 44.2 Å². The lowest BCUT2D eigenvalue weighted by Gasteiger charge is -2.57. The molecule has 2 fully saturated rings. The molecule has 0 radical (unpaired) electrons. The molecule has 0 heterocycles. The fourth-order valence-corrected chi connectivity index (χ4v) is 7.31. The number of fused-ring (bicyclic) bond motifs is 3. The van der Waals surface area contributed by atoms with E-state index >= 15 is 0 Å². The predicted molar refractivity (Wildman–Crippen MR) is 152 cm³/mol. The van der Waals surface area contributed by atoms with Crippen molar-refractivity contribution in [3.63, 3.8) is 0 Å². The van der Waals surface area contributed by atoms with Crippen molar-refractivity contribution in [3.05, 3.63) is 65.3 Å². The molecule has 2 bridgehead atoms. The van der Waals surface area contributed by atoms with Gasteiger partial charge in [0.25, 0.3) is 0 Å². The first kappa shape index (κ1) is 29.8. The fourth-order valence-electron chi connectivity index (χ4n) is 7.31. The van der Waals surface area contributed by atoms with Crippen LogP contribution in [0, 0.1) is 22.7 Å². The van der Waals surface area contributed by atoms with Gasteiger partial charge in [-0.05, 0) is 78.2 Å². The summed E-state index contributed by atoms with van der Waals surface area (Å²) in [5, 5.41) is 12.0. The molecular weight excluding hydrogens is 508 g/mol. The molecule has 0 aromatic heterocycles. The van der Waals surface area contributed by atoms with Crippen molar-refractivity contribution in [1.82, 2.24) is 0 Å². The SMILES string of the molecule is C=C1[C@@H](OC(=O)/C=C/c2ccccc2)CC[C@]2(C)[C@@H]1C[C@@H]1C[C@H](OC(C)=O)C(C)=C([C@@H](OC(C)=O)[C@@H]2O)C1(C)C. The Morgan fingerprint density at radius 3 is 2.25 bits per heavy atom. The number of hydrogen-bond donors (Lipinski definition) is 1. The minimum Gasteiger partial charge on any atom is -0.458 e. The number of hydrogen-bond acceptors (Lipinski definition) is 7. The van der Waals surface area contributed by atoms with Crippen molar-refractivity contribution in [2.45, 2.75) is 91.6 Å². The third-order valence-electron chi connectivity index (χ3n) is 9.56. The fraction of sp³-hybridized carbons (Fsp3) is 0.545. The summed E-state index contributed by atoms with van der Waals surface area (Å²) in [5.41, 5.74) is 2.18. The molecule has 3 aliphatic carbocycles. The first-order chi connectivity index (χ1) is 18.8. The number of rotatable bonds is 5. The zero-order valence-electron chi connectivity index (χ0n) is 24.4. The van der Waals surface area contributed by atoms with E-state index in [9.17, 15) is 19.5 Å². The molecule has 0 unspecified atom stereocenters. The van der Waals surface area contributed by atoms with Gasteiger partial charge in [-0.15, -0.1) is 0 Å². The number of aliphatic hydroxyl groups is 1. The Morgan fingerprint density at radius 2 is 1.62 bits per heavy atom. The van der Waals surface area contributed by atoms with Crippen molar-refractivity contribution >= 4 is 24.0 Å². The Bertz CT molecular complexity index is 1230. The molecule has 7 atom stereocenters. The predicted octanol–water partition coefficient (Wildman–Crippen LogP) is 5.57. The van der Waals surface area contributed by atoms with Gasteiger partial charge in [0.15, 0.2) is 6.10 Å². The van der Waals surface area contributed by atoms with E-state index in [1.54, 1.807) is 6.08 Å². The number of benzene rings is 1. The Kier molecular flexibility index (Phi) is 8.46. The van der Waals surface area contributed by atoms with E-state index in [2.05, 4.69) is 20.4 Å². The molecule has 1 N–H and O–H groups in total. The van der Waals surface area contributed by atoms with Gasteiger partial charge < -0.3 is 19.3 Å². The summed E-state index contributed by atoms with van der Waals surface area (Å²) < 4.78 is 17.5. The summed E-state index contributed by atoms with van der Waals surface area (Å²) in [4.78, 5) is 37.1. The van der Waals surface area contributed by atoms with Gasteiger partial charge >= 0.3 is 17.9 Å². The summed E-state index contributed by atoms with van der Waals surface area (Å²) in [6, 6.07) is 9.53. The van der Waals surface area contributed by atoms with Crippen LogP contribution in [0.5, 0.6) is 0 Å². The molecule has 0 amide bonds. The highest BCUT2D eigenvalue weighted by Crippen LogP contribution is 2.59. The quantitative estimate of drug-likeness (QED) is 0.221. The zero-order valence-corrected chi connectivity index (χ0v) is 24.4. The number of esters is 3. The van der Waals surface area contributed by atoms with Gasteiger partial charge in [-0.1, -0.05) is 57.7 Å². The van der Waals surface area contributed by atoms with Gasteiger partial charge in [-0.2, -0.15) is 0 Å². The lowest BCUT2D eigenvalue weighted by atomic mass is 9.50. The molecular formula is C33H42O7. The van der Waals surface area contributed by atoms with Crippen LogP contribution < -0.4 is 0 Å². The van der Waals surface area contributed by atoms with Crippen LogP contribution in [-0.2, 0) is 28.6 Å². The Morgan fingerprint density at radius 1 is 0.975 bits per heavy atom. The van der Waals surface area contributed by atoms with Crippen LogP contribution in [0.15, 0.2) is 59.7 Å². The summed E-state index contributed by atoms with van der Waals surface area (Å²) in [6.07, 6.45) is 2.56. The molecule has 0 saturated heterocycles. The average molecular weight is 551 g/mol. The highest BCUT2D eigenvalue weighted by atomic mass is 16.6. The highest BCUT2D eigenvalue weighted by molar-refractivity contribution is 5.87. The van der Waals surface area contributed by atoms with Crippen LogP contribution in [0.3, 0.4) is 0 Å². The number of aliphatic hydroxyl groups excluding tert-OH is 1. The summed E-state index contributed by atoms with van der Waals surface area (Å²) >= 11 is 0. The van der Waals surface area contributed by atoms with Gasteiger partial charge in [0, 0.05) is 25.3 Å². The van der Waals surface area contributed by atoms with Gasteiger partial charge in [0.1, 0.15) is 18.3 Å². The van der Waals surface area contributed by atoms with Crippen LogP contribution in [-0.4, -0.2) is 47.4 Å². The molecule has 1 aromatic rings. The first-order valence-corrected chi connectivity index (χ1v) is 14.1. The van der Waals surface area contributed by atoms with Crippen molar-refractivity contribution in [2.24, 2.45) is 22.7 Å². The van der Waals surface area contributed by atoms with Crippen molar-refractivity contribution in [1.29, 1.82) is 0 Å². The van der Waals surface area contributed by atoms with E-state index in [1.165, 1.54) is 19.9 Å². The lowest BCUT2D eigenvalue weighted by Crippen LogP contribution is -2.58. The minimum atomic E-state index is -1.03. The number of carbonyl (C=O) groups excluding carboxylic acids is 3. The van der Waals surface area contributed by atoms with Crippen LogP contribution in [0.4, 0.5) is 0 Å². The van der Waals surface area contributed by atoms with Gasteiger partial charge in [0.05, 0.1) is 0 Å². The minimum absolute atomic E-state index is 0.0367. The van der Waals surface area contributed by atoms with Gasteiger partial charge in [-0.25, -0.2) is 4.79 Å². The number of ether oxygens (including phenoxy) is 3. The Labute approximate surface area is 237 Å². The maximum atomic E-state index is 12.8. The topological polar surface area (TPSA) is 99.1 Å². The largest absolute Gasteiger partial charge is 0.458 e. The van der Waals surface area contributed by atoms with Crippen molar-refractivity contribution in [2.75, 3.05) is 0 Å². The van der Waals surface area contributed by atoms with Crippen LogP contribution in [0.25, 0.3) is 6.08 Å². The van der Waals surface area contributed by atoms with Crippen LogP contribution >= 0.6 is 0 Å². The van der Waals surface area contributed by atoms with E-state index in [4.69, 9.17) is 14.2 Å². The molecule has 0 aliphatic heterocycles. The van der Waals surface area contributed by atoms with E-state index < -0.39 is 47.2 Å².